The van der Waals surface area contributed by atoms with Gasteiger partial charge in [-0.15, -0.1) is 11.8 Å². The van der Waals surface area contributed by atoms with Gasteiger partial charge in [-0.25, -0.2) is 4.79 Å². The van der Waals surface area contributed by atoms with Gasteiger partial charge in [-0.1, -0.05) is 30.3 Å². The number of thioether (sulfide) groups is 1. The van der Waals surface area contributed by atoms with Gasteiger partial charge in [-0.2, -0.15) is 0 Å². The summed E-state index contributed by atoms with van der Waals surface area (Å²) in [7, 11) is 0. The first-order chi connectivity index (χ1) is 16.0. The van der Waals surface area contributed by atoms with Crippen LogP contribution in [-0.4, -0.2) is 87.0 Å². The van der Waals surface area contributed by atoms with E-state index in [4.69, 9.17) is 0 Å². The van der Waals surface area contributed by atoms with E-state index < -0.39 is 46.6 Å². The Morgan fingerprint density at radius 2 is 1.85 bits per heavy atom. The maximum atomic E-state index is 13.1. The minimum Gasteiger partial charge on any atom is -0.480 e. The number of likely N-dealkylation sites (N-methyl/N-ethyl adjacent to an activating group) is 1. The maximum absolute atomic E-state index is 13.1. The molecular weight excluding hydrogens is 462 g/mol. The molecule has 34 heavy (non-hydrogen) atoms. The molecule has 3 atom stereocenters. The number of nitrogens with one attached hydrogen (secondary N) is 3. The van der Waals surface area contributed by atoms with Gasteiger partial charge in [0.15, 0.2) is 0 Å². The van der Waals surface area contributed by atoms with E-state index in [1.54, 1.807) is 37.3 Å². The Balaban J connectivity index is 1.69. The van der Waals surface area contributed by atoms with Crippen molar-refractivity contribution in [3.8, 4) is 0 Å². The maximum Gasteiger partial charge on any atom is 0.325 e. The summed E-state index contributed by atoms with van der Waals surface area (Å²) in [6.45, 7) is 6.12. The van der Waals surface area contributed by atoms with Crippen molar-refractivity contribution in [2.75, 3.05) is 26.2 Å². The van der Waals surface area contributed by atoms with Crippen LogP contribution in [0.1, 0.15) is 32.4 Å². The fraction of sp³-hybridized carbons (Fsp3) is 0.500. The second-order valence-corrected chi connectivity index (χ2v) is 10.4. The van der Waals surface area contributed by atoms with Gasteiger partial charge in [0.25, 0.3) is 0 Å². The Bertz CT molecular complexity index is 972. The first kappa shape index (κ1) is 25.5. The number of urea groups is 1. The smallest absolute Gasteiger partial charge is 0.325 e. The van der Waals surface area contributed by atoms with E-state index in [1.807, 2.05) is 13.8 Å². The molecule has 12 heteroatoms. The lowest BCUT2D eigenvalue weighted by molar-refractivity contribution is -0.153. The Morgan fingerprint density at radius 1 is 1.18 bits per heavy atom. The molecule has 0 radical (unpaired) electrons. The second-order valence-electron chi connectivity index (χ2n) is 8.53. The molecule has 2 aliphatic heterocycles. The molecule has 3 rings (SSSR count). The number of rotatable bonds is 7. The van der Waals surface area contributed by atoms with Crippen molar-refractivity contribution in [1.29, 1.82) is 0 Å². The van der Waals surface area contributed by atoms with Crippen LogP contribution in [0.15, 0.2) is 30.3 Å². The highest BCUT2D eigenvalue weighted by Gasteiger charge is 2.45. The first-order valence-corrected chi connectivity index (χ1v) is 11.8. The lowest BCUT2D eigenvalue weighted by Gasteiger charge is -2.32. The number of carbonyl (C=O) groups is 5. The number of aliphatic carboxylic acids is 1. The van der Waals surface area contributed by atoms with E-state index in [2.05, 4.69) is 16.0 Å². The number of hydrogen-bond acceptors (Lipinski definition) is 7. The Kier molecular flexibility index (Phi) is 7.82. The van der Waals surface area contributed by atoms with E-state index in [0.29, 0.717) is 12.1 Å². The predicted molar refractivity (Wildman–Crippen MR) is 125 cm³/mol. The van der Waals surface area contributed by atoms with Crippen LogP contribution in [0.2, 0.25) is 0 Å². The van der Waals surface area contributed by atoms with Crippen LogP contribution in [0.4, 0.5) is 4.79 Å². The number of carboxylic acid groups (broad SMARTS) is 1. The molecule has 0 saturated carbocycles. The standard InChI is InChI=1S/C22H29N5O6S/c1-4-26-10-11-27(19(30)18(26)29)21(33)25-15(13-8-6-5-7-9-13)17(28)23-12-14-24-16(20(31)32)22(2,3)34-14/h5-9,14-16,24H,4,10-12H2,1-3H3,(H,23,28)(H,25,33)(H,31,32)/t14-,15-,16+/m1/s1. The van der Waals surface area contributed by atoms with Gasteiger partial charge in [-0.3, -0.25) is 29.4 Å². The van der Waals surface area contributed by atoms with Gasteiger partial charge in [0.05, 0.1) is 5.37 Å². The molecule has 0 aromatic heterocycles. The number of carbonyl (C=O) groups excluding carboxylic acids is 4. The summed E-state index contributed by atoms with van der Waals surface area (Å²) < 4.78 is -0.568. The SMILES string of the molecule is CCN1CCN(C(=O)N[C@@H](C(=O)NC[C@@H]2N[C@@H](C(=O)O)C(C)(C)S2)c2ccccc2)C(=O)C1=O. The Hall–Kier alpha value is -3.12. The Morgan fingerprint density at radius 3 is 2.44 bits per heavy atom. The second kappa shape index (κ2) is 10.4. The van der Waals surface area contributed by atoms with E-state index in [0.717, 1.165) is 4.90 Å². The molecule has 2 fully saturated rings. The van der Waals surface area contributed by atoms with E-state index in [9.17, 15) is 29.1 Å². The minimum absolute atomic E-state index is 0.0294. The summed E-state index contributed by atoms with van der Waals surface area (Å²) in [6.07, 6.45) is 0. The van der Waals surface area contributed by atoms with Crippen molar-refractivity contribution in [2.24, 2.45) is 0 Å². The minimum atomic E-state index is -1.12. The van der Waals surface area contributed by atoms with Crippen LogP contribution >= 0.6 is 11.8 Å². The highest BCUT2D eigenvalue weighted by Crippen LogP contribution is 2.37. The molecule has 2 heterocycles. The largest absolute Gasteiger partial charge is 0.480 e. The van der Waals surface area contributed by atoms with Crippen molar-refractivity contribution >= 4 is 41.5 Å². The highest BCUT2D eigenvalue weighted by molar-refractivity contribution is 8.01. The summed E-state index contributed by atoms with van der Waals surface area (Å²) in [5.74, 6) is -3.19. The fourth-order valence-corrected chi connectivity index (χ4v) is 5.35. The van der Waals surface area contributed by atoms with Crippen LogP contribution in [0.5, 0.6) is 0 Å². The van der Waals surface area contributed by atoms with Crippen molar-refractivity contribution in [3.63, 3.8) is 0 Å². The number of hydrogen-bond donors (Lipinski definition) is 4. The van der Waals surface area contributed by atoms with Gasteiger partial charge >= 0.3 is 23.8 Å². The van der Waals surface area contributed by atoms with Crippen LogP contribution < -0.4 is 16.0 Å². The van der Waals surface area contributed by atoms with Crippen LogP contribution in [-0.2, 0) is 19.2 Å². The zero-order valence-corrected chi connectivity index (χ0v) is 20.1. The molecule has 0 aliphatic carbocycles. The number of carboxylic acids is 1. The lowest BCUT2D eigenvalue weighted by Crippen LogP contribution is -2.59. The average molecular weight is 492 g/mol. The van der Waals surface area contributed by atoms with E-state index in [-0.39, 0.29) is 25.0 Å². The number of piperazine rings is 1. The van der Waals surface area contributed by atoms with Crippen molar-refractivity contribution < 1.29 is 29.1 Å². The average Bonchev–Trinajstić information content (AvgIpc) is 3.12. The summed E-state index contributed by atoms with van der Waals surface area (Å²) in [6, 6.07) is 5.80. The summed E-state index contributed by atoms with van der Waals surface area (Å²) in [4.78, 5) is 64.1. The molecule has 0 spiro atoms. The number of nitrogens with zero attached hydrogens (tertiary/aromatic N) is 2. The number of imide groups is 1. The van der Waals surface area contributed by atoms with Crippen molar-refractivity contribution in [2.45, 2.75) is 43.0 Å². The fourth-order valence-electron chi connectivity index (χ4n) is 3.94. The van der Waals surface area contributed by atoms with Crippen molar-refractivity contribution in [1.82, 2.24) is 25.8 Å². The lowest BCUT2D eigenvalue weighted by atomic mass is 10.0. The molecule has 2 saturated heterocycles. The predicted octanol–water partition coefficient (Wildman–Crippen LogP) is 0.139. The van der Waals surface area contributed by atoms with Gasteiger partial charge in [-0.05, 0) is 26.3 Å². The summed E-state index contributed by atoms with van der Waals surface area (Å²) >= 11 is 1.40. The number of amides is 5. The molecule has 2 aliphatic rings. The highest BCUT2D eigenvalue weighted by atomic mass is 32.2. The molecule has 4 N–H and O–H groups in total. The Labute approximate surface area is 201 Å². The molecule has 11 nitrogen and oxygen atoms in total. The normalized spacial score (nSPS) is 22.9. The number of benzene rings is 1. The van der Waals surface area contributed by atoms with Crippen LogP contribution in [0.3, 0.4) is 0 Å². The third-order valence-corrected chi connectivity index (χ3v) is 7.23. The third kappa shape index (κ3) is 5.50. The van der Waals surface area contributed by atoms with Gasteiger partial charge < -0.3 is 20.6 Å². The first-order valence-electron chi connectivity index (χ1n) is 11.0. The molecule has 0 bridgehead atoms. The summed E-state index contributed by atoms with van der Waals surface area (Å²) in [5.41, 5.74) is 0.495. The zero-order chi connectivity index (χ0) is 25.0. The molecule has 5 amide bonds. The van der Waals surface area contributed by atoms with Gasteiger partial charge in [0.2, 0.25) is 5.91 Å². The molecule has 184 valence electrons. The van der Waals surface area contributed by atoms with Crippen molar-refractivity contribution in [3.05, 3.63) is 35.9 Å². The third-order valence-electron chi connectivity index (χ3n) is 5.80. The molecule has 0 unspecified atom stereocenters. The molecular formula is C22H29N5O6S. The van der Waals surface area contributed by atoms with Gasteiger partial charge in [0.1, 0.15) is 12.1 Å². The molecule has 1 aromatic carbocycles. The van der Waals surface area contributed by atoms with E-state index in [1.165, 1.54) is 16.7 Å². The van der Waals surface area contributed by atoms with Crippen LogP contribution in [0, 0.1) is 0 Å². The topological polar surface area (TPSA) is 148 Å². The monoisotopic (exact) mass is 491 g/mol. The van der Waals surface area contributed by atoms with Crippen LogP contribution in [0.25, 0.3) is 0 Å². The molecule has 1 aromatic rings. The zero-order valence-electron chi connectivity index (χ0n) is 19.2. The van der Waals surface area contributed by atoms with E-state index >= 15 is 0 Å². The summed E-state index contributed by atoms with van der Waals surface area (Å²) in [5, 5.41) is 17.4. The van der Waals surface area contributed by atoms with Gasteiger partial charge in [0, 0.05) is 30.9 Å². The quantitative estimate of drug-likeness (QED) is 0.394.